The maximum atomic E-state index is 12.1. The Morgan fingerprint density at radius 3 is 2.57 bits per heavy atom. The fourth-order valence-electron chi connectivity index (χ4n) is 2.76. The summed E-state index contributed by atoms with van der Waals surface area (Å²) in [7, 11) is 1.63. The first-order chi connectivity index (χ1) is 13.5. The van der Waals surface area contributed by atoms with E-state index >= 15 is 0 Å². The zero-order valence-electron chi connectivity index (χ0n) is 15.6. The maximum absolute atomic E-state index is 12.1. The number of carbonyl (C=O) groups excluding carboxylic acids is 2. The summed E-state index contributed by atoms with van der Waals surface area (Å²) in [6, 6.07) is 16.2. The van der Waals surface area contributed by atoms with E-state index < -0.39 is 5.97 Å². The van der Waals surface area contributed by atoms with Gasteiger partial charge in [0.25, 0.3) is 11.5 Å². The summed E-state index contributed by atoms with van der Waals surface area (Å²) < 4.78 is 5.06. The predicted molar refractivity (Wildman–Crippen MR) is 106 cm³/mol. The highest BCUT2D eigenvalue weighted by Gasteiger charge is 2.13. The van der Waals surface area contributed by atoms with Gasteiger partial charge >= 0.3 is 5.97 Å². The molecule has 7 nitrogen and oxygen atoms in total. The largest absolute Gasteiger partial charge is 0.456 e. The molecule has 28 heavy (non-hydrogen) atoms. The summed E-state index contributed by atoms with van der Waals surface area (Å²) in [5.41, 5.74) is 1.16. The number of amides is 1. The van der Waals surface area contributed by atoms with Crippen molar-refractivity contribution < 1.29 is 14.3 Å². The number of aryl methyl sites for hydroxylation is 1. The summed E-state index contributed by atoms with van der Waals surface area (Å²) in [6.07, 6.45) is 1.04. The van der Waals surface area contributed by atoms with E-state index in [0.29, 0.717) is 29.6 Å². The van der Waals surface area contributed by atoms with Crippen molar-refractivity contribution >= 4 is 28.5 Å². The number of aromatic nitrogens is 2. The number of para-hydroxylation sites is 2. The lowest BCUT2D eigenvalue weighted by Crippen LogP contribution is -2.31. The highest BCUT2D eigenvalue weighted by Crippen LogP contribution is 2.11. The van der Waals surface area contributed by atoms with Crippen molar-refractivity contribution in [3.05, 3.63) is 70.8 Å². The molecule has 1 heterocycles. The van der Waals surface area contributed by atoms with E-state index in [1.165, 1.54) is 4.90 Å². The minimum absolute atomic E-state index is 0.138. The van der Waals surface area contributed by atoms with Gasteiger partial charge in [0.15, 0.2) is 6.61 Å². The molecule has 0 bridgehead atoms. The van der Waals surface area contributed by atoms with Crippen LogP contribution in [0.15, 0.2) is 59.4 Å². The van der Waals surface area contributed by atoms with Crippen molar-refractivity contribution in [2.75, 3.05) is 18.6 Å². The van der Waals surface area contributed by atoms with Gasteiger partial charge in [-0.2, -0.15) is 0 Å². The maximum Gasteiger partial charge on any atom is 0.306 e. The number of fused-ring (bicyclic) bond motifs is 1. The molecule has 0 unspecified atom stereocenters. The molecule has 0 spiro atoms. The topological polar surface area (TPSA) is 92.4 Å². The lowest BCUT2D eigenvalue weighted by Gasteiger charge is -2.17. The van der Waals surface area contributed by atoms with Crippen molar-refractivity contribution in [1.29, 1.82) is 0 Å². The Hall–Kier alpha value is -3.48. The number of hydrogen-bond acceptors (Lipinski definition) is 5. The van der Waals surface area contributed by atoms with Crippen LogP contribution in [0.5, 0.6) is 0 Å². The number of hydrogen-bond donors (Lipinski definition) is 1. The number of anilines is 1. The van der Waals surface area contributed by atoms with E-state index in [9.17, 15) is 14.4 Å². The van der Waals surface area contributed by atoms with Crippen LogP contribution in [-0.2, 0) is 20.7 Å². The van der Waals surface area contributed by atoms with Crippen LogP contribution in [0.1, 0.15) is 18.7 Å². The first-order valence-corrected chi connectivity index (χ1v) is 9.00. The molecule has 144 valence electrons. The Balaban J connectivity index is 1.46. The smallest absolute Gasteiger partial charge is 0.306 e. The van der Waals surface area contributed by atoms with Gasteiger partial charge in [-0.15, -0.1) is 0 Å². The lowest BCUT2D eigenvalue weighted by molar-refractivity contribution is -0.147. The molecule has 1 amide bonds. The van der Waals surface area contributed by atoms with E-state index in [0.717, 1.165) is 5.69 Å². The minimum Gasteiger partial charge on any atom is -0.456 e. The average Bonchev–Trinajstić information content (AvgIpc) is 2.72. The van der Waals surface area contributed by atoms with Crippen molar-refractivity contribution in [3.8, 4) is 0 Å². The highest BCUT2D eigenvalue weighted by molar-refractivity contribution is 5.94. The molecule has 1 aromatic heterocycles. The highest BCUT2D eigenvalue weighted by atomic mass is 16.5. The van der Waals surface area contributed by atoms with Gasteiger partial charge in [-0.05, 0) is 30.7 Å². The zero-order valence-corrected chi connectivity index (χ0v) is 15.6. The average molecular weight is 379 g/mol. The molecule has 2 aromatic carbocycles. The number of esters is 1. The van der Waals surface area contributed by atoms with Gasteiger partial charge in [0.2, 0.25) is 0 Å². The predicted octanol–water partition coefficient (Wildman–Crippen LogP) is 2.45. The number of likely N-dealkylation sites (N-methyl/N-ethyl adjacent to an activating group) is 1. The molecule has 0 aliphatic rings. The molecule has 0 atom stereocenters. The van der Waals surface area contributed by atoms with Crippen molar-refractivity contribution in [3.63, 3.8) is 0 Å². The summed E-state index contributed by atoms with van der Waals surface area (Å²) in [4.78, 5) is 44.6. The van der Waals surface area contributed by atoms with E-state index in [2.05, 4.69) is 9.97 Å². The van der Waals surface area contributed by atoms with Crippen molar-refractivity contribution in [2.24, 2.45) is 0 Å². The van der Waals surface area contributed by atoms with Crippen LogP contribution in [0.2, 0.25) is 0 Å². The SMILES string of the molecule is CN(C(=O)COC(=O)CCCc1nc2ccccc2c(=O)[nH]1)c1ccccc1. The van der Waals surface area contributed by atoms with Crippen LogP contribution >= 0.6 is 0 Å². The van der Waals surface area contributed by atoms with Crippen molar-refractivity contribution in [2.45, 2.75) is 19.3 Å². The zero-order chi connectivity index (χ0) is 19.9. The van der Waals surface area contributed by atoms with E-state index in [1.807, 2.05) is 24.3 Å². The normalized spacial score (nSPS) is 10.6. The summed E-state index contributed by atoms with van der Waals surface area (Å²) >= 11 is 0. The van der Waals surface area contributed by atoms with Crippen LogP contribution in [0, 0.1) is 0 Å². The summed E-state index contributed by atoms with van der Waals surface area (Å²) in [6.45, 7) is -0.310. The summed E-state index contributed by atoms with van der Waals surface area (Å²) in [5, 5.41) is 0.534. The van der Waals surface area contributed by atoms with Crippen molar-refractivity contribution in [1.82, 2.24) is 9.97 Å². The molecule has 0 aliphatic heterocycles. The third kappa shape index (κ3) is 4.82. The lowest BCUT2D eigenvalue weighted by atomic mass is 10.2. The van der Waals surface area contributed by atoms with E-state index in [1.54, 1.807) is 37.4 Å². The third-order valence-corrected chi connectivity index (χ3v) is 4.33. The number of ether oxygens (including phenoxy) is 1. The molecule has 1 N–H and O–H groups in total. The van der Waals surface area contributed by atoms with Gasteiger partial charge in [-0.1, -0.05) is 30.3 Å². The Morgan fingerprint density at radius 1 is 1.07 bits per heavy atom. The van der Waals surface area contributed by atoms with Gasteiger partial charge in [-0.3, -0.25) is 14.4 Å². The third-order valence-electron chi connectivity index (χ3n) is 4.33. The van der Waals surface area contributed by atoms with E-state index in [-0.39, 0.29) is 24.5 Å². The number of nitrogens with zero attached hydrogens (tertiary/aromatic N) is 2. The second-order valence-corrected chi connectivity index (χ2v) is 6.33. The van der Waals surface area contributed by atoms with Gasteiger partial charge < -0.3 is 14.6 Å². The molecule has 3 aromatic rings. The standard InChI is InChI=1S/C21H21N3O4/c1-24(15-8-3-2-4-9-15)19(25)14-28-20(26)13-7-12-18-22-17-11-6-5-10-16(17)21(27)23-18/h2-6,8-11H,7,12-14H2,1H3,(H,22,23,27). The number of carbonyl (C=O) groups is 2. The second-order valence-electron chi connectivity index (χ2n) is 6.33. The van der Waals surface area contributed by atoms with Gasteiger partial charge in [0.05, 0.1) is 10.9 Å². The number of nitrogens with one attached hydrogen (secondary N) is 1. The molecule has 0 saturated heterocycles. The van der Waals surface area contributed by atoms with Crippen LogP contribution in [-0.4, -0.2) is 35.5 Å². The molecule has 3 rings (SSSR count). The van der Waals surface area contributed by atoms with Crippen LogP contribution in [0.25, 0.3) is 10.9 Å². The Labute approximate surface area is 162 Å². The van der Waals surface area contributed by atoms with Crippen LogP contribution in [0.4, 0.5) is 5.69 Å². The van der Waals surface area contributed by atoms with Gasteiger partial charge in [0.1, 0.15) is 5.82 Å². The Morgan fingerprint density at radius 2 is 1.79 bits per heavy atom. The number of benzene rings is 2. The fraction of sp³-hybridized carbons (Fsp3) is 0.238. The molecular weight excluding hydrogens is 358 g/mol. The molecule has 0 saturated carbocycles. The molecule has 0 aliphatic carbocycles. The fourth-order valence-corrected chi connectivity index (χ4v) is 2.76. The van der Waals surface area contributed by atoms with Gasteiger partial charge in [0, 0.05) is 25.6 Å². The summed E-state index contributed by atoms with van der Waals surface area (Å²) in [5.74, 6) is -0.241. The monoisotopic (exact) mass is 379 g/mol. The Kier molecular flexibility index (Phi) is 6.16. The molecule has 7 heteroatoms. The van der Waals surface area contributed by atoms with Gasteiger partial charge in [-0.25, -0.2) is 4.98 Å². The number of H-pyrrole nitrogens is 1. The molecule has 0 radical (unpaired) electrons. The van der Waals surface area contributed by atoms with Crippen LogP contribution in [0.3, 0.4) is 0 Å². The second kappa shape index (κ2) is 8.94. The quantitative estimate of drug-likeness (QED) is 0.637. The Bertz CT molecular complexity index is 1030. The minimum atomic E-state index is -0.460. The molecular formula is C21H21N3O4. The molecule has 0 fully saturated rings. The first kappa shape index (κ1) is 19.3. The number of aromatic amines is 1. The first-order valence-electron chi connectivity index (χ1n) is 9.00. The van der Waals surface area contributed by atoms with Crippen LogP contribution < -0.4 is 10.5 Å². The number of rotatable bonds is 7. The van der Waals surface area contributed by atoms with E-state index in [4.69, 9.17) is 4.74 Å².